The zero-order valence-corrected chi connectivity index (χ0v) is 14.4. The lowest BCUT2D eigenvalue weighted by Crippen LogP contribution is -2.48. The predicted octanol–water partition coefficient (Wildman–Crippen LogP) is 2.06. The zero-order valence-electron chi connectivity index (χ0n) is 14.4. The summed E-state index contributed by atoms with van der Waals surface area (Å²) in [5.74, 6) is 0.386. The summed E-state index contributed by atoms with van der Waals surface area (Å²) in [4.78, 5) is 38.9. The summed E-state index contributed by atoms with van der Waals surface area (Å²) < 4.78 is 10.3. The third kappa shape index (κ3) is 3.75. The largest absolute Gasteiger partial charge is 0.491 e. The van der Waals surface area contributed by atoms with Crippen LogP contribution in [0.3, 0.4) is 0 Å². The fraction of sp³-hybridized carbons (Fsp3) is 0.500. The van der Waals surface area contributed by atoms with E-state index in [-0.39, 0.29) is 30.6 Å². The van der Waals surface area contributed by atoms with Gasteiger partial charge in [0.05, 0.1) is 6.10 Å². The van der Waals surface area contributed by atoms with Crippen molar-refractivity contribution in [2.75, 3.05) is 19.7 Å². The van der Waals surface area contributed by atoms with Crippen molar-refractivity contribution in [1.82, 2.24) is 9.80 Å². The summed E-state index contributed by atoms with van der Waals surface area (Å²) in [5, 5.41) is 0. The summed E-state index contributed by atoms with van der Waals surface area (Å²) in [6, 6.07) is 6.91. The number of cyclic esters (lactones) is 1. The van der Waals surface area contributed by atoms with Gasteiger partial charge < -0.3 is 14.4 Å². The summed E-state index contributed by atoms with van der Waals surface area (Å²) in [7, 11) is 0. The lowest BCUT2D eigenvalue weighted by molar-refractivity contribution is -0.127. The maximum absolute atomic E-state index is 12.6. The number of piperidine rings is 1. The Kier molecular flexibility index (Phi) is 4.92. The van der Waals surface area contributed by atoms with Gasteiger partial charge in [-0.05, 0) is 51.0 Å². The van der Waals surface area contributed by atoms with E-state index in [0.717, 1.165) is 5.75 Å². The van der Waals surface area contributed by atoms with Crippen LogP contribution >= 0.6 is 0 Å². The molecule has 0 unspecified atom stereocenters. The average Bonchev–Trinajstić information content (AvgIpc) is 2.93. The van der Waals surface area contributed by atoms with Gasteiger partial charge in [-0.15, -0.1) is 0 Å². The molecule has 3 rings (SSSR count). The van der Waals surface area contributed by atoms with Crippen LogP contribution in [0, 0.1) is 0 Å². The highest BCUT2D eigenvalue weighted by molar-refractivity contribution is 5.98. The molecular formula is C18H22N2O5. The van der Waals surface area contributed by atoms with Crippen molar-refractivity contribution in [3.8, 4) is 5.75 Å². The van der Waals surface area contributed by atoms with Crippen LogP contribution in [0.1, 0.15) is 37.0 Å². The van der Waals surface area contributed by atoms with Gasteiger partial charge in [0.15, 0.2) is 6.61 Å². The molecule has 25 heavy (non-hydrogen) atoms. The molecule has 0 N–H and O–H groups in total. The van der Waals surface area contributed by atoms with E-state index in [1.807, 2.05) is 13.8 Å². The van der Waals surface area contributed by atoms with Crippen molar-refractivity contribution in [3.63, 3.8) is 0 Å². The topological polar surface area (TPSA) is 76.2 Å². The zero-order chi connectivity index (χ0) is 18.0. The number of likely N-dealkylation sites (tertiary alicyclic amines) is 1. The maximum atomic E-state index is 12.6. The van der Waals surface area contributed by atoms with Crippen LogP contribution in [-0.2, 0) is 9.53 Å². The first kappa shape index (κ1) is 17.3. The molecule has 7 heteroatoms. The van der Waals surface area contributed by atoms with Crippen molar-refractivity contribution >= 4 is 17.9 Å². The fourth-order valence-electron chi connectivity index (χ4n) is 3.18. The second-order valence-electron chi connectivity index (χ2n) is 6.53. The van der Waals surface area contributed by atoms with Crippen LogP contribution in [0.25, 0.3) is 0 Å². The van der Waals surface area contributed by atoms with E-state index in [0.29, 0.717) is 31.5 Å². The Hall–Kier alpha value is -2.57. The second-order valence-corrected chi connectivity index (χ2v) is 6.53. The van der Waals surface area contributed by atoms with E-state index in [4.69, 9.17) is 9.47 Å². The molecule has 0 aliphatic carbocycles. The number of ether oxygens (including phenoxy) is 2. The number of carbonyl (C=O) groups is 3. The number of hydrogen-bond acceptors (Lipinski definition) is 5. The Bertz CT molecular complexity index is 647. The van der Waals surface area contributed by atoms with E-state index in [1.165, 1.54) is 4.90 Å². The smallest absolute Gasteiger partial charge is 0.417 e. The SMILES string of the molecule is CC(C)Oc1ccc(C(=O)N2CCC(N3C(=O)COC3=O)CC2)cc1. The quantitative estimate of drug-likeness (QED) is 0.834. The van der Waals surface area contributed by atoms with Crippen LogP contribution in [-0.4, -0.2) is 59.5 Å². The highest BCUT2D eigenvalue weighted by Gasteiger charge is 2.39. The average molecular weight is 346 g/mol. The molecule has 7 nitrogen and oxygen atoms in total. The molecule has 0 radical (unpaired) electrons. The van der Waals surface area contributed by atoms with Gasteiger partial charge >= 0.3 is 6.09 Å². The molecule has 3 amide bonds. The van der Waals surface area contributed by atoms with E-state index in [2.05, 4.69) is 0 Å². The Balaban J connectivity index is 1.58. The normalized spacial score (nSPS) is 18.7. The molecule has 2 aliphatic heterocycles. The number of hydrogen-bond donors (Lipinski definition) is 0. The first-order valence-electron chi connectivity index (χ1n) is 8.50. The molecular weight excluding hydrogens is 324 g/mol. The van der Waals surface area contributed by atoms with Gasteiger partial charge in [-0.2, -0.15) is 0 Å². The molecule has 1 aromatic carbocycles. The van der Waals surface area contributed by atoms with Crippen molar-refractivity contribution in [2.24, 2.45) is 0 Å². The minimum Gasteiger partial charge on any atom is -0.491 e. The molecule has 2 aliphatic rings. The molecule has 0 saturated carbocycles. The van der Waals surface area contributed by atoms with E-state index >= 15 is 0 Å². The maximum Gasteiger partial charge on any atom is 0.417 e. The number of carbonyl (C=O) groups excluding carboxylic acids is 3. The lowest BCUT2D eigenvalue weighted by Gasteiger charge is -2.34. The highest BCUT2D eigenvalue weighted by atomic mass is 16.6. The van der Waals surface area contributed by atoms with Gasteiger partial charge in [0, 0.05) is 24.7 Å². The third-order valence-corrected chi connectivity index (χ3v) is 4.37. The molecule has 0 spiro atoms. The summed E-state index contributed by atoms with van der Waals surface area (Å²) in [5.41, 5.74) is 0.603. The minimum absolute atomic E-state index is 0.0510. The van der Waals surface area contributed by atoms with Crippen molar-refractivity contribution in [3.05, 3.63) is 29.8 Å². The Morgan fingerprint density at radius 3 is 2.32 bits per heavy atom. The first-order valence-corrected chi connectivity index (χ1v) is 8.50. The predicted molar refractivity (Wildman–Crippen MR) is 89.3 cm³/mol. The van der Waals surface area contributed by atoms with Crippen LogP contribution in [0.5, 0.6) is 5.75 Å². The Morgan fingerprint density at radius 1 is 1.16 bits per heavy atom. The lowest BCUT2D eigenvalue weighted by atomic mass is 10.0. The minimum atomic E-state index is -0.574. The molecule has 0 atom stereocenters. The van der Waals surface area contributed by atoms with E-state index in [9.17, 15) is 14.4 Å². The molecule has 2 heterocycles. The summed E-state index contributed by atoms with van der Waals surface area (Å²) in [6.45, 7) is 4.73. The molecule has 0 aromatic heterocycles. The van der Waals surface area contributed by atoms with E-state index < -0.39 is 6.09 Å². The van der Waals surface area contributed by atoms with Crippen LogP contribution in [0.4, 0.5) is 4.79 Å². The number of nitrogens with zero attached hydrogens (tertiary/aromatic N) is 2. The van der Waals surface area contributed by atoms with Gasteiger partial charge in [0.25, 0.3) is 11.8 Å². The molecule has 0 bridgehead atoms. The standard InChI is InChI=1S/C18H22N2O5/c1-12(2)25-15-5-3-13(4-6-15)17(22)19-9-7-14(8-10-19)20-16(21)11-24-18(20)23/h3-6,12,14H,7-11H2,1-2H3. The van der Waals surface area contributed by atoms with Gasteiger partial charge in [-0.3, -0.25) is 9.59 Å². The van der Waals surface area contributed by atoms with Gasteiger partial charge in [-0.1, -0.05) is 0 Å². The van der Waals surface area contributed by atoms with Gasteiger partial charge in [0.2, 0.25) is 0 Å². The number of rotatable bonds is 4. The fourth-order valence-corrected chi connectivity index (χ4v) is 3.18. The Labute approximate surface area is 146 Å². The van der Waals surface area contributed by atoms with Crippen LogP contribution in [0.2, 0.25) is 0 Å². The van der Waals surface area contributed by atoms with Crippen molar-refractivity contribution < 1.29 is 23.9 Å². The third-order valence-electron chi connectivity index (χ3n) is 4.37. The van der Waals surface area contributed by atoms with Gasteiger partial charge in [-0.25, -0.2) is 9.69 Å². The number of benzene rings is 1. The van der Waals surface area contributed by atoms with Crippen molar-refractivity contribution in [1.29, 1.82) is 0 Å². The van der Waals surface area contributed by atoms with Gasteiger partial charge in [0.1, 0.15) is 5.75 Å². The number of imide groups is 1. The molecule has 1 aromatic rings. The van der Waals surface area contributed by atoms with Crippen LogP contribution in [0.15, 0.2) is 24.3 Å². The summed E-state index contributed by atoms with van der Waals surface area (Å²) >= 11 is 0. The summed E-state index contributed by atoms with van der Waals surface area (Å²) in [6.07, 6.45) is 0.651. The molecule has 2 fully saturated rings. The van der Waals surface area contributed by atoms with Crippen molar-refractivity contribution in [2.45, 2.75) is 38.8 Å². The second kappa shape index (κ2) is 7.13. The molecule has 2 saturated heterocycles. The highest BCUT2D eigenvalue weighted by Crippen LogP contribution is 2.22. The molecule has 134 valence electrons. The van der Waals surface area contributed by atoms with Crippen LogP contribution < -0.4 is 4.74 Å². The number of amides is 3. The monoisotopic (exact) mass is 346 g/mol. The Morgan fingerprint density at radius 2 is 1.80 bits per heavy atom. The van der Waals surface area contributed by atoms with E-state index in [1.54, 1.807) is 29.2 Å². The first-order chi connectivity index (χ1) is 12.0.